The Morgan fingerprint density at radius 2 is 1.85 bits per heavy atom. The zero-order valence-electron chi connectivity index (χ0n) is 14.8. The number of amides is 2. The Labute approximate surface area is 151 Å². The van der Waals surface area contributed by atoms with Crippen LogP contribution in [0.5, 0.6) is 0 Å². The molecule has 1 aromatic carbocycles. The summed E-state index contributed by atoms with van der Waals surface area (Å²) in [4.78, 5) is 37.4. The van der Waals surface area contributed by atoms with Crippen LogP contribution in [-0.4, -0.2) is 46.9 Å². The first kappa shape index (κ1) is 17.7. The largest absolute Gasteiger partial charge is 0.464 e. The van der Waals surface area contributed by atoms with Gasteiger partial charge in [0.15, 0.2) is 0 Å². The lowest BCUT2D eigenvalue weighted by Crippen LogP contribution is -2.43. The summed E-state index contributed by atoms with van der Waals surface area (Å²) in [5, 5.41) is 0. The van der Waals surface area contributed by atoms with Gasteiger partial charge in [-0.25, -0.2) is 4.79 Å². The highest BCUT2D eigenvalue weighted by Gasteiger charge is 2.33. The first-order valence-corrected chi connectivity index (χ1v) is 8.37. The van der Waals surface area contributed by atoms with E-state index in [0.29, 0.717) is 24.2 Å². The average molecular weight is 355 g/mol. The van der Waals surface area contributed by atoms with Gasteiger partial charge in [0.25, 0.3) is 5.91 Å². The molecule has 0 aliphatic carbocycles. The maximum atomic E-state index is 12.6. The number of carbonyl (C=O) groups excluding carboxylic acids is 3. The topological polar surface area (TPSA) is 94.6 Å². The number of carbonyl (C=O) groups is 3. The van der Waals surface area contributed by atoms with Crippen molar-refractivity contribution in [1.29, 1.82) is 0 Å². The van der Waals surface area contributed by atoms with Crippen molar-refractivity contribution >= 4 is 17.8 Å². The van der Waals surface area contributed by atoms with Crippen LogP contribution in [0.2, 0.25) is 0 Å². The highest BCUT2D eigenvalue weighted by molar-refractivity contribution is 5.98. The van der Waals surface area contributed by atoms with Gasteiger partial charge in [0.1, 0.15) is 11.7 Å². The average Bonchev–Trinajstić information content (AvgIpc) is 3.27. The number of aromatic nitrogens is 1. The number of benzene rings is 1. The maximum Gasteiger partial charge on any atom is 0.354 e. The summed E-state index contributed by atoms with van der Waals surface area (Å²) in [5.41, 5.74) is 8.06. The van der Waals surface area contributed by atoms with Gasteiger partial charge in [-0.1, -0.05) is 12.1 Å². The van der Waals surface area contributed by atoms with E-state index in [0.717, 1.165) is 17.5 Å². The molecule has 1 atom stereocenters. The third-order valence-corrected chi connectivity index (χ3v) is 4.71. The summed E-state index contributed by atoms with van der Waals surface area (Å²) in [6, 6.07) is 8.29. The molecule has 2 amide bonds. The maximum absolute atomic E-state index is 12.6. The molecule has 0 bridgehead atoms. The van der Waals surface area contributed by atoms with Crippen LogP contribution >= 0.6 is 0 Å². The molecular weight excluding hydrogens is 334 g/mol. The molecule has 1 saturated heterocycles. The lowest BCUT2D eigenvalue weighted by atomic mass is 10.1. The molecular formula is C19H21N3O4. The van der Waals surface area contributed by atoms with Gasteiger partial charge in [-0.15, -0.1) is 0 Å². The second kappa shape index (κ2) is 7.03. The number of ether oxygens (including phenoxy) is 1. The van der Waals surface area contributed by atoms with E-state index in [2.05, 4.69) is 0 Å². The van der Waals surface area contributed by atoms with Crippen molar-refractivity contribution in [3.63, 3.8) is 0 Å². The van der Waals surface area contributed by atoms with E-state index < -0.39 is 17.9 Å². The standard InChI is InChI=1S/C19H21N3O4/c1-21-11-14(10-16(21)19(25)26-2)12-5-7-13(8-6-12)18(24)22-9-3-4-15(22)17(20)23/h5-8,10-11,15H,3-4,9H2,1-2H3,(H2,20,23)/t15-/m0/s1. The number of methoxy groups -OCH3 is 1. The van der Waals surface area contributed by atoms with Gasteiger partial charge < -0.3 is 19.9 Å². The van der Waals surface area contributed by atoms with Crippen LogP contribution in [0.15, 0.2) is 36.5 Å². The number of aryl methyl sites for hydroxylation is 1. The van der Waals surface area contributed by atoms with E-state index in [9.17, 15) is 14.4 Å². The highest BCUT2D eigenvalue weighted by atomic mass is 16.5. The fraction of sp³-hybridized carbons (Fsp3) is 0.316. The molecule has 26 heavy (non-hydrogen) atoms. The number of hydrogen-bond donors (Lipinski definition) is 1. The van der Waals surface area contributed by atoms with Crippen LogP contribution in [0, 0.1) is 0 Å². The minimum absolute atomic E-state index is 0.193. The summed E-state index contributed by atoms with van der Waals surface area (Å²) in [5.74, 6) is -1.06. The second-order valence-electron chi connectivity index (χ2n) is 6.35. The molecule has 2 heterocycles. The lowest BCUT2D eigenvalue weighted by molar-refractivity contribution is -0.121. The molecule has 1 fully saturated rings. The molecule has 0 radical (unpaired) electrons. The van der Waals surface area contributed by atoms with E-state index in [1.807, 2.05) is 18.3 Å². The van der Waals surface area contributed by atoms with Crippen molar-refractivity contribution in [3.05, 3.63) is 47.8 Å². The van der Waals surface area contributed by atoms with Gasteiger partial charge >= 0.3 is 5.97 Å². The van der Waals surface area contributed by atoms with E-state index in [1.165, 1.54) is 12.0 Å². The van der Waals surface area contributed by atoms with Crippen LogP contribution in [0.1, 0.15) is 33.7 Å². The Morgan fingerprint density at radius 3 is 2.46 bits per heavy atom. The number of nitrogens with zero attached hydrogens (tertiary/aromatic N) is 2. The molecule has 2 aromatic rings. The van der Waals surface area contributed by atoms with Gasteiger partial charge in [0, 0.05) is 30.9 Å². The van der Waals surface area contributed by atoms with E-state index in [1.54, 1.807) is 29.8 Å². The van der Waals surface area contributed by atoms with Crippen LogP contribution in [0.4, 0.5) is 0 Å². The predicted octanol–water partition coefficient (Wildman–Crippen LogP) is 1.57. The monoisotopic (exact) mass is 355 g/mol. The number of esters is 1. The fourth-order valence-electron chi connectivity index (χ4n) is 3.31. The smallest absolute Gasteiger partial charge is 0.354 e. The zero-order chi connectivity index (χ0) is 18.8. The summed E-state index contributed by atoms with van der Waals surface area (Å²) < 4.78 is 6.45. The van der Waals surface area contributed by atoms with Crippen LogP contribution < -0.4 is 5.73 Å². The van der Waals surface area contributed by atoms with E-state index >= 15 is 0 Å². The Balaban J connectivity index is 1.82. The summed E-state index contributed by atoms with van der Waals surface area (Å²) in [6.45, 7) is 0.537. The Kier molecular flexibility index (Phi) is 4.79. The predicted molar refractivity (Wildman–Crippen MR) is 95.4 cm³/mol. The molecule has 0 saturated carbocycles. The lowest BCUT2D eigenvalue weighted by Gasteiger charge is -2.22. The van der Waals surface area contributed by atoms with Gasteiger partial charge in [0.05, 0.1) is 7.11 Å². The van der Waals surface area contributed by atoms with Crippen molar-refractivity contribution in [2.75, 3.05) is 13.7 Å². The first-order chi connectivity index (χ1) is 12.4. The van der Waals surface area contributed by atoms with Gasteiger partial charge in [-0.05, 0) is 36.6 Å². The Bertz CT molecular complexity index is 854. The van der Waals surface area contributed by atoms with E-state index in [-0.39, 0.29) is 5.91 Å². The number of hydrogen-bond acceptors (Lipinski definition) is 4. The first-order valence-electron chi connectivity index (χ1n) is 8.37. The summed E-state index contributed by atoms with van der Waals surface area (Å²) in [6.07, 6.45) is 3.21. The number of nitrogens with two attached hydrogens (primary N) is 1. The van der Waals surface area contributed by atoms with Crippen molar-refractivity contribution in [1.82, 2.24) is 9.47 Å². The zero-order valence-corrected chi connectivity index (χ0v) is 14.8. The van der Waals surface area contributed by atoms with Crippen molar-refractivity contribution in [2.45, 2.75) is 18.9 Å². The van der Waals surface area contributed by atoms with Crippen molar-refractivity contribution < 1.29 is 19.1 Å². The second-order valence-corrected chi connectivity index (χ2v) is 6.35. The molecule has 7 heteroatoms. The van der Waals surface area contributed by atoms with Crippen molar-refractivity contribution in [3.8, 4) is 11.1 Å². The van der Waals surface area contributed by atoms with Crippen molar-refractivity contribution in [2.24, 2.45) is 12.8 Å². The fourth-order valence-corrected chi connectivity index (χ4v) is 3.31. The van der Waals surface area contributed by atoms with E-state index in [4.69, 9.17) is 10.5 Å². The SMILES string of the molecule is COC(=O)c1cc(-c2ccc(C(=O)N3CCC[C@H]3C(N)=O)cc2)cn1C. The molecule has 3 rings (SSSR count). The minimum atomic E-state index is -0.529. The van der Waals surface area contributed by atoms with Gasteiger partial charge in [0.2, 0.25) is 5.91 Å². The molecule has 0 unspecified atom stereocenters. The molecule has 1 aliphatic rings. The summed E-state index contributed by atoms with van der Waals surface area (Å²) in [7, 11) is 3.11. The number of primary amides is 1. The summed E-state index contributed by atoms with van der Waals surface area (Å²) >= 11 is 0. The molecule has 0 spiro atoms. The third-order valence-electron chi connectivity index (χ3n) is 4.71. The molecule has 2 N–H and O–H groups in total. The van der Waals surface area contributed by atoms with Crippen LogP contribution in [-0.2, 0) is 16.6 Å². The molecule has 1 aromatic heterocycles. The third kappa shape index (κ3) is 3.20. The minimum Gasteiger partial charge on any atom is -0.464 e. The molecule has 7 nitrogen and oxygen atoms in total. The Morgan fingerprint density at radius 1 is 1.15 bits per heavy atom. The van der Waals surface area contributed by atoms with Gasteiger partial charge in [-0.2, -0.15) is 0 Å². The quantitative estimate of drug-likeness (QED) is 0.842. The van der Waals surface area contributed by atoms with Crippen LogP contribution in [0.3, 0.4) is 0 Å². The normalized spacial score (nSPS) is 16.5. The number of likely N-dealkylation sites (tertiary alicyclic amines) is 1. The molecule has 1 aliphatic heterocycles. The number of rotatable bonds is 4. The Hall–Kier alpha value is -3.09. The highest BCUT2D eigenvalue weighted by Crippen LogP contribution is 2.25. The molecule has 136 valence electrons. The van der Waals surface area contributed by atoms with Gasteiger partial charge in [-0.3, -0.25) is 9.59 Å². The van der Waals surface area contributed by atoms with Crippen LogP contribution in [0.25, 0.3) is 11.1 Å².